The van der Waals surface area contributed by atoms with Gasteiger partial charge < -0.3 is 4.42 Å². The monoisotopic (exact) mass is 576 g/mol. The zero-order valence-corrected chi connectivity index (χ0v) is 24.1. The molecule has 0 aliphatic carbocycles. The van der Waals surface area contributed by atoms with Crippen molar-refractivity contribution in [2.24, 2.45) is 0 Å². The van der Waals surface area contributed by atoms with Crippen LogP contribution in [0.15, 0.2) is 150 Å². The number of pyridine rings is 2. The standard InChI is InChI=1S/C40H24N4O/c1-2-10-26(11-3-1)36-39-38(32-15-7-9-17-35(32)45-39)44-40(43-36)27-20-18-25(19-21-27)28-22-23-41-34(24-28)37-31-14-5-4-12-29(31)30-13-6-8-16-33(30)42-37/h1-24H. The third-order valence-corrected chi connectivity index (χ3v) is 8.35. The predicted molar refractivity (Wildman–Crippen MR) is 182 cm³/mol. The summed E-state index contributed by atoms with van der Waals surface area (Å²) in [5.41, 5.74) is 9.82. The van der Waals surface area contributed by atoms with Crippen molar-refractivity contribution in [2.45, 2.75) is 0 Å². The Morgan fingerprint density at radius 2 is 1.13 bits per heavy atom. The lowest BCUT2D eigenvalue weighted by atomic mass is 10.00. The number of nitrogens with zero attached hydrogens (tertiary/aromatic N) is 4. The van der Waals surface area contributed by atoms with Crippen molar-refractivity contribution >= 4 is 43.7 Å². The summed E-state index contributed by atoms with van der Waals surface area (Å²) >= 11 is 0. The van der Waals surface area contributed by atoms with E-state index in [-0.39, 0.29) is 0 Å². The Hall–Kier alpha value is -6.20. The van der Waals surface area contributed by atoms with Crippen LogP contribution in [-0.4, -0.2) is 19.9 Å². The van der Waals surface area contributed by atoms with Crippen LogP contribution in [0.3, 0.4) is 0 Å². The van der Waals surface area contributed by atoms with E-state index >= 15 is 0 Å². The summed E-state index contributed by atoms with van der Waals surface area (Å²) in [4.78, 5) is 19.8. The average Bonchev–Trinajstić information content (AvgIpc) is 3.50. The van der Waals surface area contributed by atoms with Gasteiger partial charge in [0.05, 0.1) is 16.9 Å². The van der Waals surface area contributed by atoms with Gasteiger partial charge in [-0.2, -0.15) is 0 Å². The normalized spacial score (nSPS) is 11.6. The van der Waals surface area contributed by atoms with Gasteiger partial charge in [0.15, 0.2) is 11.4 Å². The van der Waals surface area contributed by atoms with Gasteiger partial charge in [-0.25, -0.2) is 15.0 Å². The van der Waals surface area contributed by atoms with Crippen LogP contribution in [0.1, 0.15) is 0 Å². The van der Waals surface area contributed by atoms with E-state index in [9.17, 15) is 0 Å². The van der Waals surface area contributed by atoms with Crippen LogP contribution in [0, 0.1) is 0 Å². The molecule has 0 aliphatic rings. The predicted octanol–water partition coefficient (Wildman–Crippen LogP) is 10.1. The fourth-order valence-electron chi connectivity index (χ4n) is 6.16. The van der Waals surface area contributed by atoms with Crippen molar-refractivity contribution in [2.75, 3.05) is 0 Å². The zero-order chi connectivity index (χ0) is 29.7. The Labute approximate surface area is 258 Å². The molecule has 0 bridgehead atoms. The van der Waals surface area contributed by atoms with Crippen LogP contribution < -0.4 is 0 Å². The van der Waals surface area contributed by atoms with E-state index in [0.717, 1.165) is 72.1 Å². The largest absolute Gasteiger partial charge is 0.452 e. The highest BCUT2D eigenvalue weighted by molar-refractivity contribution is 6.10. The lowest BCUT2D eigenvalue weighted by molar-refractivity contribution is 0.667. The molecule has 9 rings (SSSR count). The van der Waals surface area contributed by atoms with Crippen molar-refractivity contribution in [1.82, 2.24) is 19.9 Å². The first-order chi connectivity index (χ1) is 22.3. The second-order valence-electron chi connectivity index (χ2n) is 11.1. The molecule has 4 heterocycles. The van der Waals surface area contributed by atoms with Gasteiger partial charge in [0.2, 0.25) is 0 Å². The zero-order valence-electron chi connectivity index (χ0n) is 24.1. The molecule has 45 heavy (non-hydrogen) atoms. The summed E-state index contributed by atoms with van der Waals surface area (Å²) < 4.78 is 6.27. The van der Waals surface area contributed by atoms with Crippen LogP contribution in [0.4, 0.5) is 0 Å². The van der Waals surface area contributed by atoms with Gasteiger partial charge in [-0.05, 0) is 46.8 Å². The third kappa shape index (κ3) is 4.25. The molecule has 0 atom stereocenters. The first-order valence-electron chi connectivity index (χ1n) is 14.9. The molecule has 4 aromatic heterocycles. The second-order valence-corrected chi connectivity index (χ2v) is 11.1. The van der Waals surface area contributed by atoms with Gasteiger partial charge >= 0.3 is 0 Å². The molecule has 0 aliphatic heterocycles. The third-order valence-electron chi connectivity index (χ3n) is 8.35. The molecule has 0 fully saturated rings. The Morgan fingerprint density at radius 1 is 0.444 bits per heavy atom. The van der Waals surface area contributed by atoms with Crippen LogP contribution >= 0.6 is 0 Å². The summed E-state index contributed by atoms with van der Waals surface area (Å²) in [5.74, 6) is 0.654. The van der Waals surface area contributed by atoms with Crippen molar-refractivity contribution < 1.29 is 4.42 Å². The van der Waals surface area contributed by atoms with Gasteiger partial charge in [0.1, 0.15) is 16.8 Å². The smallest absolute Gasteiger partial charge is 0.180 e. The van der Waals surface area contributed by atoms with Gasteiger partial charge in [-0.1, -0.05) is 109 Å². The molecule has 0 N–H and O–H groups in total. The minimum atomic E-state index is 0.654. The molecular formula is C40H24N4O. The molecular weight excluding hydrogens is 552 g/mol. The van der Waals surface area contributed by atoms with E-state index < -0.39 is 0 Å². The summed E-state index contributed by atoms with van der Waals surface area (Å²) in [7, 11) is 0. The molecule has 0 spiro atoms. The van der Waals surface area contributed by atoms with Crippen molar-refractivity contribution in [3.8, 4) is 45.2 Å². The minimum absolute atomic E-state index is 0.654. The van der Waals surface area contributed by atoms with Gasteiger partial charge in [0.25, 0.3) is 0 Å². The van der Waals surface area contributed by atoms with E-state index in [2.05, 4.69) is 84.9 Å². The van der Waals surface area contributed by atoms with Gasteiger partial charge in [-0.3, -0.25) is 4.98 Å². The Balaban J connectivity index is 1.14. The van der Waals surface area contributed by atoms with Crippen LogP contribution in [0.5, 0.6) is 0 Å². The fraction of sp³-hybridized carbons (Fsp3) is 0. The fourth-order valence-corrected chi connectivity index (χ4v) is 6.16. The number of fused-ring (bicyclic) bond motifs is 6. The molecule has 9 aromatic rings. The maximum Gasteiger partial charge on any atom is 0.180 e. The molecule has 210 valence electrons. The van der Waals surface area contributed by atoms with E-state index in [0.29, 0.717) is 11.4 Å². The summed E-state index contributed by atoms with van der Waals surface area (Å²) in [6, 6.07) is 47.4. The quantitative estimate of drug-likeness (QED) is 0.195. The van der Waals surface area contributed by atoms with Crippen LogP contribution in [-0.2, 0) is 0 Å². The van der Waals surface area contributed by atoms with E-state index in [1.54, 1.807) is 0 Å². The van der Waals surface area contributed by atoms with Crippen molar-refractivity contribution in [1.29, 1.82) is 0 Å². The molecule has 0 radical (unpaired) electrons. The minimum Gasteiger partial charge on any atom is -0.452 e. The van der Waals surface area contributed by atoms with E-state index in [4.69, 9.17) is 24.4 Å². The number of para-hydroxylation sites is 2. The molecule has 5 nitrogen and oxygen atoms in total. The van der Waals surface area contributed by atoms with Gasteiger partial charge in [-0.15, -0.1) is 0 Å². The number of hydrogen-bond acceptors (Lipinski definition) is 5. The van der Waals surface area contributed by atoms with Crippen molar-refractivity contribution in [3.63, 3.8) is 0 Å². The number of furan rings is 1. The first-order valence-corrected chi connectivity index (χ1v) is 14.9. The van der Waals surface area contributed by atoms with E-state index in [1.807, 2.05) is 60.8 Å². The Morgan fingerprint density at radius 3 is 1.98 bits per heavy atom. The first kappa shape index (κ1) is 25.3. The maximum atomic E-state index is 6.27. The molecule has 0 saturated carbocycles. The van der Waals surface area contributed by atoms with Crippen LogP contribution in [0.2, 0.25) is 0 Å². The highest BCUT2D eigenvalue weighted by Gasteiger charge is 2.18. The molecule has 0 saturated heterocycles. The maximum absolute atomic E-state index is 6.27. The highest BCUT2D eigenvalue weighted by atomic mass is 16.3. The highest BCUT2D eigenvalue weighted by Crippen LogP contribution is 2.36. The summed E-state index contributed by atoms with van der Waals surface area (Å²) in [5, 5.41) is 4.38. The SMILES string of the molecule is c1ccc(-c2nc(-c3ccc(-c4ccnc(-c5nc6ccccc6c6ccccc56)c4)cc3)nc3c2oc2ccccc23)cc1. The van der Waals surface area contributed by atoms with Crippen molar-refractivity contribution in [3.05, 3.63) is 146 Å². The average molecular weight is 577 g/mol. The number of hydrogen-bond donors (Lipinski definition) is 0. The lowest BCUT2D eigenvalue weighted by Crippen LogP contribution is -1.94. The number of aromatic nitrogens is 4. The second kappa shape index (κ2) is 10.2. The molecule has 5 heteroatoms. The number of rotatable bonds is 4. The molecule has 0 unspecified atom stereocenters. The number of benzene rings is 5. The summed E-state index contributed by atoms with van der Waals surface area (Å²) in [6.45, 7) is 0. The van der Waals surface area contributed by atoms with E-state index in [1.165, 1.54) is 5.39 Å². The molecule has 0 amide bonds. The Kier molecular flexibility index (Phi) is 5.74. The van der Waals surface area contributed by atoms with Gasteiger partial charge in [0, 0.05) is 33.5 Å². The lowest BCUT2D eigenvalue weighted by Gasteiger charge is -2.11. The molecule has 5 aromatic carbocycles. The topological polar surface area (TPSA) is 64.7 Å². The Bertz CT molecular complexity index is 2540. The van der Waals surface area contributed by atoms with Crippen LogP contribution in [0.25, 0.3) is 88.9 Å². The summed E-state index contributed by atoms with van der Waals surface area (Å²) in [6.07, 6.45) is 1.86.